The van der Waals surface area contributed by atoms with Gasteiger partial charge in [0.25, 0.3) is 0 Å². The van der Waals surface area contributed by atoms with Gasteiger partial charge in [0.15, 0.2) is 0 Å². The average Bonchev–Trinajstić information content (AvgIpc) is 3.61. The molecule has 1 heteroatoms. The van der Waals surface area contributed by atoms with Gasteiger partial charge in [0.05, 0.1) is 11.0 Å². The summed E-state index contributed by atoms with van der Waals surface area (Å²) in [5, 5.41) is 7.73. The highest BCUT2D eigenvalue weighted by Crippen LogP contribution is 2.48. The second-order valence-electron chi connectivity index (χ2n) is 12.2. The Balaban J connectivity index is 1.07. The smallest absolute Gasteiger partial charge is 0.0541 e. The summed E-state index contributed by atoms with van der Waals surface area (Å²) >= 11 is 0. The number of aromatic nitrogens is 1. The molecular formula is C44H27N. The van der Waals surface area contributed by atoms with E-state index in [0.29, 0.717) is 0 Å². The van der Waals surface area contributed by atoms with Crippen molar-refractivity contribution in [1.82, 2.24) is 4.57 Å². The summed E-state index contributed by atoms with van der Waals surface area (Å²) in [4.78, 5) is 0. The van der Waals surface area contributed by atoms with Gasteiger partial charge >= 0.3 is 0 Å². The highest BCUT2D eigenvalue weighted by molar-refractivity contribution is 6.16. The molecule has 0 atom stereocenters. The van der Waals surface area contributed by atoms with Crippen molar-refractivity contribution < 1.29 is 0 Å². The molecule has 0 N–H and O–H groups in total. The van der Waals surface area contributed by atoms with Crippen molar-refractivity contribution in [1.29, 1.82) is 0 Å². The maximum Gasteiger partial charge on any atom is 0.0541 e. The van der Waals surface area contributed by atoms with Crippen molar-refractivity contribution in [2.45, 2.75) is 0 Å². The third kappa shape index (κ3) is 3.62. The summed E-state index contributed by atoms with van der Waals surface area (Å²) in [6.45, 7) is 0. The Bertz CT molecular complexity index is 2640. The zero-order valence-electron chi connectivity index (χ0n) is 24.5. The van der Waals surface area contributed by atoms with E-state index < -0.39 is 0 Å². The van der Waals surface area contributed by atoms with E-state index in [1.807, 2.05) is 0 Å². The molecule has 1 nitrogen and oxygen atoms in total. The van der Waals surface area contributed by atoms with E-state index in [4.69, 9.17) is 0 Å². The number of hydrogen-bond donors (Lipinski definition) is 0. The Morgan fingerprint density at radius 1 is 0.311 bits per heavy atom. The molecule has 0 bridgehead atoms. The molecule has 8 aromatic carbocycles. The predicted molar refractivity (Wildman–Crippen MR) is 191 cm³/mol. The monoisotopic (exact) mass is 569 g/mol. The van der Waals surface area contributed by atoms with Crippen molar-refractivity contribution >= 4 is 43.4 Å². The van der Waals surface area contributed by atoms with Crippen LogP contribution in [0.15, 0.2) is 164 Å². The maximum atomic E-state index is 2.38. The molecule has 208 valence electrons. The molecule has 0 spiro atoms. The zero-order valence-corrected chi connectivity index (χ0v) is 24.5. The van der Waals surface area contributed by atoms with Crippen molar-refractivity contribution in [3.8, 4) is 50.2 Å². The number of hydrogen-bond acceptors (Lipinski definition) is 0. The van der Waals surface area contributed by atoms with Crippen LogP contribution in [0.3, 0.4) is 0 Å². The van der Waals surface area contributed by atoms with Gasteiger partial charge in [-0.05, 0) is 121 Å². The van der Waals surface area contributed by atoms with Crippen molar-refractivity contribution in [3.63, 3.8) is 0 Å². The highest BCUT2D eigenvalue weighted by atomic mass is 15.0. The summed E-state index contributed by atoms with van der Waals surface area (Å²) in [5.41, 5.74) is 14.0. The quantitative estimate of drug-likeness (QED) is 0.199. The van der Waals surface area contributed by atoms with Crippen LogP contribution in [0.25, 0.3) is 93.5 Å². The minimum absolute atomic E-state index is 1.18. The first-order valence-corrected chi connectivity index (χ1v) is 15.6. The summed E-state index contributed by atoms with van der Waals surface area (Å²) < 4.78 is 2.37. The van der Waals surface area contributed by atoms with Gasteiger partial charge in [-0.2, -0.15) is 0 Å². The van der Waals surface area contributed by atoms with Gasteiger partial charge < -0.3 is 4.57 Å². The lowest BCUT2D eigenvalue weighted by Crippen LogP contribution is -1.92. The number of fused-ring (bicyclic) bond motifs is 7. The zero-order chi connectivity index (χ0) is 29.5. The Labute approximate surface area is 261 Å². The Kier molecular flexibility index (Phi) is 5.06. The molecule has 1 aliphatic rings. The third-order valence-corrected chi connectivity index (χ3v) is 9.68. The van der Waals surface area contributed by atoms with Crippen LogP contribution >= 0.6 is 0 Å². The number of rotatable bonds is 3. The Morgan fingerprint density at radius 3 is 1.73 bits per heavy atom. The molecule has 0 amide bonds. The number of benzene rings is 8. The molecule has 9 aromatic rings. The third-order valence-electron chi connectivity index (χ3n) is 9.68. The van der Waals surface area contributed by atoms with Crippen LogP contribution in [-0.4, -0.2) is 4.57 Å². The standard InChI is InChI=1S/C44H27N/c1-2-10-35(11-3-1)45-42-16-7-6-14-38(42)40-26-32(21-22-43(40)45)30-18-17-29-24-31(20-19-28(29)23-30)34-25-33-9-8-15-39-36-12-4-5-13-37(36)41(27-34)44(33)39/h1-27H. The van der Waals surface area contributed by atoms with Crippen LogP contribution in [0.4, 0.5) is 0 Å². The first-order valence-electron chi connectivity index (χ1n) is 15.6. The summed E-state index contributed by atoms with van der Waals surface area (Å²) in [6.07, 6.45) is 0. The van der Waals surface area contributed by atoms with E-state index in [0.717, 1.165) is 0 Å². The second-order valence-corrected chi connectivity index (χ2v) is 12.2. The fourth-order valence-corrected chi connectivity index (χ4v) is 7.60. The molecule has 0 aliphatic heterocycles. The molecule has 0 saturated heterocycles. The number of para-hydroxylation sites is 2. The summed E-state index contributed by atoms with van der Waals surface area (Å²) in [6, 6.07) is 60.3. The Morgan fingerprint density at radius 2 is 0.911 bits per heavy atom. The van der Waals surface area contributed by atoms with E-state index in [2.05, 4.69) is 168 Å². The van der Waals surface area contributed by atoms with Gasteiger partial charge in [0.2, 0.25) is 0 Å². The second kappa shape index (κ2) is 9.29. The van der Waals surface area contributed by atoms with Crippen LogP contribution < -0.4 is 0 Å². The van der Waals surface area contributed by atoms with Crippen LogP contribution in [-0.2, 0) is 0 Å². The van der Waals surface area contributed by atoms with Gasteiger partial charge in [-0.15, -0.1) is 0 Å². The molecule has 1 aliphatic carbocycles. The van der Waals surface area contributed by atoms with Gasteiger partial charge in [-0.25, -0.2) is 0 Å². The van der Waals surface area contributed by atoms with Gasteiger partial charge in [0, 0.05) is 16.5 Å². The van der Waals surface area contributed by atoms with E-state index in [-0.39, 0.29) is 0 Å². The minimum atomic E-state index is 1.18. The molecule has 0 fully saturated rings. The van der Waals surface area contributed by atoms with Gasteiger partial charge in [-0.3, -0.25) is 0 Å². The van der Waals surface area contributed by atoms with Crippen molar-refractivity contribution in [2.24, 2.45) is 0 Å². The molecule has 0 saturated carbocycles. The van der Waals surface area contributed by atoms with Crippen LogP contribution in [0.2, 0.25) is 0 Å². The van der Waals surface area contributed by atoms with E-state index >= 15 is 0 Å². The molecular weight excluding hydrogens is 542 g/mol. The fourth-order valence-electron chi connectivity index (χ4n) is 7.60. The van der Waals surface area contributed by atoms with Gasteiger partial charge in [0.1, 0.15) is 0 Å². The minimum Gasteiger partial charge on any atom is -0.309 e. The van der Waals surface area contributed by atoms with Gasteiger partial charge in [-0.1, -0.05) is 109 Å². The first kappa shape index (κ1) is 24.5. The first-order chi connectivity index (χ1) is 22.3. The molecule has 10 rings (SSSR count). The van der Waals surface area contributed by atoms with Crippen molar-refractivity contribution in [3.05, 3.63) is 164 Å². The topological polar surface area (TPSA) is 4.93 Å². The lowest BCUT2D eigenvalue weighted by atomic mass is 9.94. The molecule has 45 heavy (non-hydrogen) atoms. The van der Waals surface area contributed by atoms with Crippen molar-refractivity contribution in [2.75, 3.05) is 0 Å². The predicted octanol–water partition coefficient (Wildman–Crippen LogP) is 12.1. The summed E-state index contributed by atoms with van der Waals surface area (Å²) in [5.74, 6) is 0. The Hall–Kier alpha value is -5.92. The van der Waals surface area contributed by atoms with Crippen LogP contribution in [0.5, 0.6) is 0 Å². The van der Waals surface area contributed by atoms with E-state index in [9.17, 15) is 0 Å². The average molecular weight is 570 g/mol. The van der Waals surface area contributed by atoms with Crippen LogP contribution in [0, 0.1) is 0 Å². The molecule has 0 radical (unpaired) electrons. The van der Waals surface area contributed by atoms with Crippen LogP contribution in [0.1, 0.15) is 0 Å². The highest BCUT2D eigenvalue weighted by Gasteiger charge is 2.21. The maximum absolute atomic E-state index is 2.38. The SMILES string of the molecule is c1ccc(-n2c3ccccc3c3cc(-c4ccc5cc(-c6cc7c8c(cccc8c6)-c6ccccc6-7)ccc5c4)ccc32)cc1. The van der Waals surface area contributed by atoms with E-state index in [1.54, 1.807) is 0 Å². The molecule has 1 heterocycles. The largest absolute Gasteiger partial charge is 0.309 e. The lowest BCUT2D eigenvalue weighted by Gasteiger charge is -2.11. The normalized spacial score (nSPS) is 12.0. The number of nitrogens with zero attached hydrogens (tertiary/aromatic N) is 1. The fraction of sp³-hybridized carbons (Fsp3) is 0. The summed E-state index contributed by atoms with van der Waals surface area (Å²) in [7, 11) is 0. The van der Waals surface area contributed by atoms with E-state index in [1.165, 1.54) is 93.5 Å². The lowest BCUT2D eigenvalue weighted by molar-refractivity contribution is 1.18. The molecule has 1 aromatic heterocycles. The molecule has 0 unspecified atom stereocenters.